The van der Waals surface area contributed by atoms with Crippen molar-refractivity contribution in [1.29, 1.82) is 0 Å². The van der Waals surface area contributed by atoms with Crippen LogP contribution in [0.2, 0.25) is 0 Å². The summed E-state index contributed by atoms with van der Waals surface area (Å²) in [5.74, 6) is -7.03. The fourth-order valence-corrected chi connectivity index (χ4v) is 4.26. The molecule has 0 aliphatic carbocycles. The number of thiazole rings is 1. The molecule has 0 radical (unpaired) electrons. The van der Waals surface area contributed by atoms with Crippen LogP contribution in [0.4, 0.5) is 9.52 Å². The summed E-state index contributed by atoms with van der Waals surface area (Å²) in [5.41, 5.74) is 0.928. The third-order valence-corrected chi connectivity index (χ3v) is 6.16. The fourth-order valence-electron chi connectivity index (χ4n) is 3.35. The molecular weight excluding hydrogens is 555 g/mol. The van der Waals surface area contributed by atoms with Crippen LogP contribution in [0.1, 0.15) is 12.8 Å². The van der Waals surface area contributed by atoms with Gasteiger partial charge < -0.3 is 40.5 Å². The van der Waals surface area contributed by atoms with Gasteiger partial charge in [-0.05, 0) is 43.2 Å². The summed E-state index contributed by atoms with van der Waals surface area (Å²) < 4.78 is 19.6. The number of likely N-dealkylation sites (tertiary alicyclic amines) is 1. The van der Waals surface area contributed by atoms with Crippen LogP contribution >= 0.6 is 11.3 Å². The number of rotatable bonds is 7. The van der Waals surface area contributed by atoms with Crippen molar-refractivity contribution >= 4 is 50.6 Å². The highest BCUT2D eigenvalue weighted by molar-refractivity contribution is 7.22. The molecule has 1 saturated heterocycles. The minimum atomic E-state index is -1.82. The number of anilines is 1. The van der Waals surface area contributed by atoms with E-state index in [1.165, 1.54) is 12.1 Å². The number of benzene rings is 1. The van der Waals surface area contributed by atoms with Gasteiger partial charge in [0.15, 0.2) is 5.13 Å². The maximum absolute atomic E-state index is 12.9. The number of β-amino-alcohol motifs (C(OH)–C–C–N with tert-alkyl or cyclic N) is 1. The van der Waals surface area contributed by atoms with Crippen LogP contribution in [0.25, 0.3) is 10.2 Å². The Morgan fingerprint density at radius 1 is 1.00 bits per heavy atom. The van der Waals surface area contributed by atoms with Crippen LogP contribution in [0.5, 0.6) is 5.75 Å². The van der Waals surface area contributed by atoms with Crippen molar-refractivity contribution < 1.29 is 53.8 Å². The third kappa shape index (κ3) is 11.5. The Morgan fingerprint density at radius 3 is 2.10 bits per heavy atom. The molecule has 0 amide bonds. The van der Waals surface area contributed by atoms with Gasteiger partial charge in [-0.15, -0.1) is 0 Å². The number of piperidine rings is 1. The third-order valence-electron chi connectivity index (χ3n) is 5.20. The van der Waals surface area contributed by atoms with Crippen LogP contribution in [-0.2, 0) is 19.2 Å². The van der Waals surface area contributed by atoms with Crippen molar-refractivity contribution in [3.05, 3.63) is 48.5 Å². The molecular formula is C24H27FN4O10S. The second kappa shape index (κ2) is 15.9. The Bertz CT molecular complexity index is 1200. The molecule has 1 unspecified atom stereocenters. The number of nitrogens with zero attached hydrogens (tertiary/aromatic N) is 3. The zero-order valence-corrected chi connectivity index (χ0v) is 21.7. The number of aromatic nitrogens is 2. The number of ether oxygens (including phenoxy) is 1. The van der Waals surface area contributed by atoms with E-state index in [0.29, 0.717) is 18.3 Å². The molecule has 1 aromatic carbocycles. The first-order chi connectivity index (χ1) is 18.9. The number of aliphatic hydroxyl groups excluding tert-OH is 1. The van der Waals surface area contributed by atoms with Gasteiger partial charge in [-0.3, -0.25) is 4.98 Å². The van der Waals surface area contributed by atoms with Gasteiger partial charge in [0.25, 0.3) is 0 Å². The molecule has 16 heteroatoms. The second-order valence-electron chi connectivity index (χ2n) is 8.22. The fraction of sp³-hybridized carbons (Fsp3) is 0.333. The van der Waals surface area contributed by atoms with Crippen LogP contribution in [0.15, 0.2) is 42.7 Å². The smallest absolute Gasteiger partial charge is 0.414 e. The van der Waals surface area contributed by atoms with E-state index in [1.54, 1.807) is 35.9 Å². The molecule has 1 atom stereocenters. The number of halogens is 1. The van der Waals surface area contributed by atoms with Gasteiger partial charge in [0.2, 0.25) is 0 Å². The highest BCUT2D eigenvalue weighted by Crippen LogP contribution is 2.26. The number of aliphatic hydroxyl groups is 1. The number of hydrogen-bond acceptors (Lipinski definition) is 11. The summed E-state index contributed by atoms with van der Waals surface area (Å²) in [4.78, 5) is 47.3. The lowest BCUT2D eigenvalue weighted by atomic mass is 10.1. The first-order valence-corrected chi connectivity index (χ1v) is 12.4. The Balaban J connectivity index is 0.000000393. The van der Waals surface area contributed by atoms with Crippen LogP contribution in [0.3, 0.4) is 0 Å². The summed E-state index contributed by atoms with van der Waals surface area (Å²) in [6, 6.07) is 8.20. The summed E-state index contributed by atoms with van der Waals surface area (Å²) in [7, 11) is 0. The molecule has 40 heavy (non-hydrogen) atoms. The minimum Gasteiger partial charge on any atom is -0.491 e. The highest BCUT2D eigenvalue weighted by Gasteiger charge is 2.22. The van der Waals surface area contributed by atoms with Gasteiger partial charge >= 0.3 is 23.9 Å². The SMILES string of the molecule is O=C(O)C(=O)O.O=C(O)C(=O)O.OC(COc1ccc(F)cc1)CN1CCC(Nc2nc3cnccc3s2)CC1. The van der Waals surface area contributed by atoms with Crippen molar-refractivity contribution in [3.8, 4) is 5.75 Å². The van der Waals surface area contributed by atoms with Crippen LogP contribution < -0.4 is 10.1 Å². The molecule has 2 aromatic heterocycles. The lowest BCUT2D eigenvalue weighted by molar-refractivity contribution is -0.159. The Kier molecular flexibility index (Phi) is 12.6. The molecule has 3 aromatic rings. The van der Waals surface area contributed by atoms with Crippen molar-refractivity contribution in [2.75, 3.05) is 31.6 Å². The van der Waals surface area contributed by atoms with E-state index in [0.717, 1.165) is 41.3 Å². The van der Waals surface area contributed by atoms with Gasteiger partial charge in [-0.2, -0.15) is 0 Å². The number of carboxylic acid groups (broad SMARTS) is 4. The molecule has 1 aliphatic rings. The number of carboxylic acids is 4. The molecule has 1 aliphatic heterocycles. The van der Waals surface area contributed by atoms with Gasteiger partial charge in [0.1, 0.15) is 29.8 Å². The average Bonchev–Trinajstić information content (AvgIpc) is 3.32. The van der Waals surface area contributed by atoms with Gasteiger partial charge in [-0.1, -0.05) is 11.3 Å². The number of hydrogen-bond donors (Lipinski definition) is 6. The van der Waals surface area contributed by atoms with E-state index >= 15 is 0 Å². The normalized spacial score (nSPS) is 14.1. The first kappa shape index (κ1) is 31.8. The van der Waals surface area contributed by atoms with Crippen LogP contribution in [-0.4, -0.2) is 103 Å². The van der Waals surface area contributed by atoms with E-state index in [9.17, 15) is 9.50 Å². The molecule has 3 heterocycles. The number of carbonyl (C=O) groups is 4. The number of fused-ring (bicyclic) bond motifs is 1. The Labute approximate surface area is 230 Å². The van der Waals surface area contributed by atoms with E-state index in [1.807, 2.05) is 6.07 Å². The predicted octanol–water partition coefficient (Wildman–Crippen LogP) is 1.46. The van der Waals surface area contributed by atoms with Crippen LogP contribution in [0, 0.1) is 5.82 Å². The topological polar surface area (TPSA) is 220 Å². The average molecular weight is 583 g/mol. The molecule has 0 bridgehead atoms. The lowest BCUT2D eigenvalue weighted by Crippen LogP contribution is -2.43. The van der Waals surface area contributed by atoms with E-state index in [-0.39, 0.29) is 12.4 Å². The highest BCUT2D eigenvalue weighted by atomic mass is 32.1. The van der Waals surface area contributed by atoms with Gasteiger partial charge in [0.05, 0.1) is 10.9 Å². The summed E-state index contributed by atoms with van der Waals surface area (Å²) in [5, 5.41) is 44.3. The maximum Gasteiger partial charge on any atom is 0.414 e. The quantitative estimate of drug-likeness (QED) is 0.217. The van der Waals surface area contributed by atoms with Crippen molar-refractivity contribution in [3.63, 3.8) is 0 Å². The minimum absolute atomic E-state index is 0.198. The molecule has 1 fully saturated rings. The first-order valence-electron chi connectivity index (χ1n) is 11.6. The molecule has 6 N–H and O–H groups in total. The standard InChI is InChI=1S/C20H23FN4O2S.2C2H2O4/c21-14-1-3-17(4-2-14)27-13-16(26)12-25-9-6-15(7-10-25)23-20-24-18-11-22-8-5-19(18)28-20;2*3-1(4)2(5)6/h1-5,8,11,15-16,26H,6-7,9-10,12-13H2,(H,23,24);2*(H,3,4)(H,5,6). The maximum atomic E-state index is 12.9. The number of nitrogens with one attached hydrogen (secondary N) is 1. The predicted molar refractivity (Wildman–Crippen MR) is 139 cm³/mol. The Morgan fingerprint density at radius 2 is 1.57 bits per heavy atom. The lowest BCUT2D eigenvalue weighted by Gasteiger charge is -2.33. The molecule has 0 saturated carbocycles. The van der Waals surface area contributed by atoms with Crippen molar-refractivity contribution in [2.24, 2.45) is 0 Å². The Hall–Kier alpha value is -4.41. The second-order valence-corrected chi connectivity index (χ2v) is 9.25. The van der Waals surface area contributed by atoms with Gasteiger partial charge in [0, 0.05) is 31.9 Å². The zero-order valence-electron chi connectivity index (χ0n) is 20.8. The molecule has 4 rings (SSSR count). The summed E-state index contributed by atoms with van der Waals surface area (Å²) in [6.45, 7) is 2.60. The largest absolute Gasteiger partial charge is 0.491 e. The molecule has 0 spiro atoms. The van der Waals surface area contributed by atoms with E-state index in [4.69, 9.17) is 44.3 Å². The van der Waals surface area contributed by atoms with Crippen molar-refractivity contribution in [1.82, 2.24) is 14.9 Å². The van der Waals surface area contributed by atoms with Crippen molar-refractivity contribution in [2.45, 2.75) is 25.0 Å². The molecule has 14 nitrogen and oxygen atoms in total. The van der Waals surface area contributed by atoms with Gasteiger partial charge in [-0.25, -0.2) is 28.6 Å². The summed E-state index contributed by atoms with van der Waals surface area (Å²) >= 11 is 1.65. The molecule has 216 valence electrons. The number of aliphatic carboxylic acids is 4. The number of pyridine rings is 1. The van der Waals surface area contributed by atoms with E-state index in [2.05, 4.69) is 20.2 Å². The monoisotopic (exact) mass is 582 g/mol. The summed E-state index contributed by atoms with van der Waals surface area (Å²) in [6.07, 6.45) is 4.99. The van der Waals surface area contributed by atoms with E-state index < -0.39 is 30.0 Å². The zero-order chi connectivity index (χ0) is 29.7.